The van der Waals surface area contributed by atoms with Crippen LogP contribution in [0.2, 0.25) is 0 Å². The number of hydrogen-bond acceptors (Lipinski definition) is 5. The summed E-state index contributed by atoms with van der Waals surface area (Å²) >= 11 is 0. The third kappa shape index (κ3) is 3.72. The molecule has 0 radical (unpaired) electrons. The smallest absolute Gasteiger partial charge is 0.242 e. The highest BCUT2D eigenvalue weighted by molar-refractivity contribution is 5.67. The van der Waals surface area contributed by atoms with Crippen molar-refractivity contribution < 1.29 is 4.74 Å². The van der Waals surface area contributed by atoms with Crippen molar-refractivity contribution in [2.45, 2.75) is 52.1 Å². The van der Waals surface area contributed by atoms with Crippen molar-refractivity contribution in [3.05, 3.63) is 6.33 Å². The van der Waals surface area contributed by atoms with Crippen LogP contribution in [-0.2, 0) is 0 Å². The number of ether oxygens (including phenoxy) is 1. The molecule has 0 bridgehead atoms. The van der Waals surface area contributed by atoms with Gasteiger partial charge in [0.2, 0.25) is 5.88 Å². The molecule has 0 aliphatic carbocycles. The molecular weight excluding hydrogens is 240 g/mol. The average Bonchev–Trinajstić information content (AvgIpc) is 2.32. The Morgan fingerprint density at radius 1 is 1.11 bits per heavy atom. The summed E-state index contributed by atoms with van der Waals surface area (Å²) in [6.45, 7) is 5.97. The molecule has 5 nitrogen and oxygen atoms in total. The van der Waals surface area contributed by atoms with Gasteiger partial charge >= 0.3 is 0 Å². The van der Waals surface area contributed by atoms with E-state index in [2.05, 4.69) is 14.9 Å². The number of anilines is 2. The summed E-state index contributed by atoms with van der Waals surface area (Å²) in [5.74, 6) is 1.33. The molecule has 1 fully saturated rings. The fourth-order valence-electron chi connectivity index (χ4n) is 2.40. The monoisotopic (exact) mass is 264 g/mol. The summed E-state index contributed by atoms with van der Waals surface area (Å²) in [6, 6.07) is 0. The van der Waals surface area contributed by atoms with Gasteiger partial charge in [-0.25, -0.2) is 4.98 Å². The van der Waals surface area contributed by atoms with Crippen LogP contribution in [0.25, 0.3) is 0 Å². The van der Waals surface area contributed by atoms with Crippen LogP contribution >= 0.6 is 0 Å². The van der Waals surface area contributed by atoms with Crippen LogP contribution in [0.15, 0.2) is 6.33 Å². The van der Waals surface area contributed by atoms with Gasteiger partial charge in [-0.1, -0.05) is 19.3 Å². The lowest BCUT2D eigenvalue weighted by Gasteiger charge is -2.27. The molecule has 0 spiro atoms. The first kappa shape index (κ1) is 13.9. The molecule has 0 saturated carbocycles. The molecular formula is C14H24N4O. The second kappa shape index (κ2) is 6.59. The molecule has 0 unspecified atom stereocenters. The molecule has 1 aliphatic heterocycles. The van der Waals surface area contributed by atoms with Gasteiger partial charge in [-0.05, 0) is 26.7 Å². The van der Waals surface area contributed by atoms with E-state index in [0.717, 1.165) is 18.9 Å². The molecule has 2 heterocycles. The predicted octanol–water partition coefficient (Wildman–Crippen LogP) is 2.62. The maximum absolute atomic E-state index is 6.16. The zero-order chi connectivity index (χ0) is 13.7. The van der Waals surface area contributed by atoms with E-state index < -0.39 is 0 Å². The maximum Gasteiger partial charge on any atom is 0.242 e. The van der Waals surface area contributed by atoms with Crippen LogP contribution in [0.4, 0.5) is 11.5 Å². The Labute approximate surface area is 115 Å². The Kier molecular flexibility index (Phi) is 4.82. The Morgan fingerprint density at radius 3 is 2.37 bits per heavy atom. The first-order valence-corrected chi connectivity index (χ1v) is 7.20. The lowest BCUT2D eigenvalue weighted by molar-refractivity contribution is 0.234. The topological polar surface area (TPSA) is 64.3 Å². The third-order valence-electron chi connectivity index (χ3n) is 3.33. The van der Waals surface area contributed by atoms with E-state index >= 15 is 0 Å². The lowest BCUT2D eigenvalue weighted by Crippen LogP contribution is -2.29. The molecule has 1 aromatic rings. The Morgan fingerprint density at radius 2 is 1.74 bits per heavy atom. The highest BCUT2D eigenvalue weighted by Gasteiger charge is 2.17. The standard InChI is InChI=1S/C14H24N4O/c1-11(2)19-14-12(15)13(16-10-17-14)18-8-6-4-3-5-7-9-18/h10-11H,3-9,15H2,1-2H3. The summed E-state index contributed by atoms with van der Waals surface area (Å²) < 4.78 is 5.63. The van der Waals surface area contributed by atoms with Crippen molar-refractivity contribution in [3.63, 3.8) is 0 Å². The number of nitrogens with two attached hydrogens (primary N) is 1. The van der Waals surface area contributed by atoms with Crippen molar-refractivity contribution in [3.8, 4) is 5.88 Å². The van der Waals surface area contributed by atoms with Gasteiger partial charge in [0.05, 0.1) is 6.10 Å². The minimum Gasteiger partial charge on any atom is -0.473 e. The molecule has 0 atom stereocenters. The predicted molar refractivity (Wildman–Crippen MR) is 77.5 cm³/mol. The number of hydrogen-bond donors (Lipinski definition) is 1. The van der Waals surface area contributed by atoms with Gasteiger partial charge in [0.25, 0.3) is 0 Å². The molecule has 5 heteroatoms. The van der Waals surface area contributed by atoms with E-state index in [1.54, 1.807) is 6.33 Å². The van der Waals surface area contributed by atoms with Crippen molar-refractivity contribution in [2.24, 2.45) is 0 Å². The Bertz CT molecular complexity index is 400. The minimum atomic E-state index is 0.0670. The second-order valence-electron chi connectivity index (χ2n) is 5.34. The van der Waals surface area contributed by atoms with Crippen LogP contribution < -0.4 is 15.4 Å². The van der Waals surface area contributed by atoms with Crippen LogP contribution in [0.3, 0.4) is 0 Å². The Balaban J connectivity index is 2.17. The van der Waals surface area contributed by atoms with E-state index in [1.165, 1.54) is 32.1 Å². The van der Waals surface area contributed by atoms with E-state index in [-0.39, 0.29) is 6.10 Å². The number of nitrogens with zero attached hydrogens (tertiary/aromatic N) is 3. The van der Waals surface area contributed by atoms with Crippen LogP contribution in [0.1, 0.15) is 46.0 Å². The van der Waals surface area contributed by atoms with Crippen molar-refractivity contribution in [1.29, 1.82) is 0 Å². The van der Waals surface area contributed by atoms with Gasteiger partial charge in [0.1, 0.15) is 12.0 Å². The van der Waals surface area contributed by atoms with Gasteiger partial charge in [0, 0.05) is 13.1 Å². The second-order valence-corrected chi connectivity index (χ2v) is 5.34. The van der Waals surface area contributed by atoms with Crippen LogP contribution in [-0.4, -0.2) is 29.2 Å². The summed E-state index contributed by atoms with van der Waals surface area (Å²) in [6.07, 6.45) is 7.93. The molecule has 2 N–H and O–H groups in total. The summed E-state index contributed by atoms with van der Waals surface area (Å²) in [5, 5.41) is 0. The van der Waals surface area contributed by atoms with E-state index in [0.29, 0.717) is 11.6 Å². The first-order chi connectivity index (χ1) is 9.18. The summed E-state index contributed by atoms with van der Waals surface area (Å²) in [5.41, 5.74) is 6.73. The van der Waals surface area contributed by atoms with Crippen LogP contribution in [0, 0.1) is 0 Å². The first-order valence-electron chi connectivity index (χ1n) is 7.20. The fourth-order valence-corrected chi connectivity index (χ4v) is 2.40. The average molecular weight is 264 g/mol. The lowest BCUT2D eigenvalue weighted by atomic mass is 10.1. The molecule has 1 aromatic heterocycles. The van der Waals surface area contributed by atoms with Crippen LogP contribution in [0.5, 0.6) is 5.88 Å². The van der Waals surface area contributed by atoms with Crippen molar-refractivity contribution in [2.75, 3.05) is 23.7 Å². The highest BCUT2D eigenvalue weighted by atomic mass is 16.5. The zero-order valence-electron chi connectivity index (χ0n) is 11.9. The molecule has 0 amide bonds. The molecule has 106 valence electrons. The van der Waals surface area contributed by atoms with E-state index in [4.69, 9.17) is 10.5 Å². The largest absolute Gasteiger partial charge is 0.473 e. The van der Waals surface area contributed by atoms with E-state index in [9.17, 15) is 0 Å². The molecule has 2 rings (SSSR count). The van der Waals surface area contributed by atoms with Gasteiger partial charge in [-0.2, -0.15) is 4.98 Å². The molecule has 19 heavy (non-hydrogen) atoms. The minimum absolute atomic E-state index is 0.0670. The quantitative estimate of drug-likeness (QED) is 0.909. The summed E-state index contributed by atoms with van der Waals surface area (Å²) in [4.78, 5) is 10.8. The normalized spacial score (nSPS) is 17.1. The highest BCUT2D eigenvalue weighted by Crippen LogP contribution is 2.29. The molecule has 1 saturated heterocycles. The van der Waals surface area contributed by atoms with Gasteiger partial charge in [0.15, 0.2) is 5.82 Å². The van der Waals surface area contributed by atoms with Gasteiger partial charge in [-0.3, -0.25) is 0 Å². The number of aromatic nitrogens is 2. The fraction of sp³-hybridized carbons (Fsp3) is 0.714. The van der Waals surface area contributed by atoms with Gasteiger partial charge < -0.3 is 15.4 Å². The maximum atomic E-state index is 6.16. The summed E-state index contributed by atoms with van der Waals surface area (Å²) in [7, 11) is 0. The Hall–Kier alpha value is -1.52. The number of rotatable bonds is 3. The third-order valence-corrected chi connectivity index (χ3v) is 3.33. The van der Waals surface area contributed by atoms with Crippen molar-refractivity contribution in [1.82, 2.24) is 9.97 Å². The van der Waals surface area contributed by atoms with E-state index in [1.807, 2.05) is 13.8 Å². The zero-order valence-corrected chi connectivity index (χ0v) is 11.9. The van der Waals surface area contributed by atoms with Gasteiger partial charge in [-0.15, -0.1) is 0 Å². The molecule has 0 aromatic carbocycles. The molecule has 1 aliphatic rings. The number of nitrogen functional groups attached to an aromatic ring is 1. The SMILES string of the molecule is CC(C)Oc1ncnc(N2CCCCCCC2)c1N. The van der Waals surface area contributed by atoms with Crippen molar-refractivity contribution >= 4 is 11.5 Å².